The highest BCUT2D eigenvalue weighted by atomic mass is 31.2. The largest absolute Gasteiger partial charge is 0.455 e. The number of carbonyl (C=O) groups is 3. The van der Waals surface area contributed by atoms with Crippen molar-refractivity contribution in [2.75, 3.05) is 12.7 Å². The van der Waals surface area contributed by atoms with Crippen LogP contribution in [0.2, 0.25) is 0 Å². The van der Waals surface area contributed by atoms with E-state index in [1.807, 2.05) is 0 Å². The van der Waals surface area contributed by atoms with Gasteiger partial charge in [-0.25, -0.2) is 0 Å². The quantitative estimate of drug-likeness (QED) is 0.101. The fourth-order valence-corrected chi connectivity index (χ4v) is 4.86. The molecule has 216 valence electrons. The summed E-state index contributed by atoms with van der Waals surface area (Å²) < 4.78 is 50.5. The van der Waals surface area contributed by atoms with Crippen molar-refractivity contribution >= 4 is 33.1 Å². The third-order valence-corrected chi connectivity index (χ3v) is 6.92. The maximum absolute atomic E-state index is 12.5. The molecule has 0 heterocycles. The van der Waals surface area contributed by atoms with Gasteiger partial charge in [0.25, 0.3) is 0 Å². The maximum Gasteiger partial charge on any atom is 0.353 e. The standard InChI is InChI=1S/C20H36O15P2/c1-4-7-12(23)31-18-16(34-36(27,28)10-21)15(26)17(35-37(29,30)11-22)19(32-13(24)8-5-2)20(18)33-14(25)9-6-3/h15-22,26H,4-11H2,1-3H3,(H,27,28)(H,29,30)/t15?,16-,17-,18-,19+,20?/m1/s1. The molecule has 8 atom stereocenters. The van der Waals surface area contributed by atoms with Gasteiger partial charge in [-0.1, -0.05) is 20.8 Å². The van der Waals surface area contributed by atoms with Crippen molar-refractivity contribution in [3.8, 4) is 0 Å². The molecule has 4 unspecified atom stereocenters. The summed E-state index contributed by atoms with van der Waals surface area (Å²) in [5.74, 6) is -2.69. The first kappa shape index (κ1) is 33.6. The highest BCUT2D eigenvalue weighted by Gasteiger charge is 2.59. The second kappa shape index (κ2) is 15.2. The molecule has 37 heavy (non-hydrogen) atoms. The molecule has 0 bridgehead atoms. The van der Waals surface area contributed by atoms with Crippen LogP contribution in [0.4, 0.5) is 0 Å². The second-order valence-corrected chi connectivity index (χ2v) is 11.8. The van der Waals surface area contributed by atoms with Gasteiger partial charge in [-0.15, -0.1) is 0 Å². The molecule has 0 aromatic heterocycles. The van der Waals surface area contributed by atoms with E-state index in [0.29, 0.717) is 19.3 Å². The molecular formula is C20H36O15P2. The zero-order valence-corrected chi connectivity index (χ0v) is 22.6. The van der Waals surface area contributed by atoms with Gasteiger partial charge in [0.2, 0.25) is 0 Å². The van der Waals surface area contributed by atoms with Crippen LogP contribution in [-0.2, 0) is 46.8 Å². The predicted octanol–water partition coefficient (Wildman–Crippen LogP) is 0.537. The van der Waals surface area contributed by atoms with Crippen LogP contribution in [0.3, 0.4) is 0 Å². The van der Waals surface area contributed by atoms with E-state index in [9.17, 15) is 48.6 Å². The Morgan fingerprint density at radius 1 is 0.622 bits per heavy atom. The molecule has 0 radical (unpaired) electrons. The Morgan fingerprint density at radius 2 is 0.892 bits per heavy atom. The highest BCUT2D eigenvalue weighted by Crippen LogP contribution is 2.49. The van der Waals surface area contributed by atoms with Gasteiger partial charge in [0.05, 0.1) is 0 Å². The number of hydrogen-bond acceptors (Lipinski definition) is 13. The lowest BCUT2D eigenvalue weighted by atomic mass is 9.84. The lowest BCUT2D eigenvalue weighted by Gasteiger charge is -2.47. The second-order valence-electron chi connectivity index (χ2n) is 8.30. The van der Waals surface area contributed by atoms with E-state index in [4.69, 9.17) is 23.3 Å². The molecule has 5 N–H and O–H groups in total. The van der Waals surface area contributed by atoms with Crippen molar-refractivity contribution in [3.63, 3.8) is 0 Å². The minimum atomic E-state index is -4.87. The van der Waals surface area contributed by atoms with Crippen molar-refractivity contribution in [1.29, 1.82) is 0 Å². The number of carbonyl (C=O) groups excluding carboxylic acids is 3. The first-order valence-electron chi connectivity index (χ1n) is 11.7. The van der Waals surface area contributed by atoms with Crippen molar-refractivity contribution in [3.05, 3.63) is 0 Å². The summed E-state index contributed by atoms with van der Waals surface area (Å²) in [7, 11) is -9.74. The van der Waals surface area contributed by atoms with Crippen LogP contribution in [0.1, 0.15) is 59.3 Å². The van der Waals surface area contributed by atoms with E-state index in [1.165, 1.54) is 0 Å². The first-order chi connectivity index (χ1) is 17.2. The Morgan fingerprint density at radius 3 is 1.14 bits per heavy atom. The minimum Gasteiger partial charge on any atom is -0.455 e. The van der Waals surface area contributed by atoms with Gasteiger partial charge in [0.15, 0.2) is 18.3 Å². The summed E-state index contributed by atoms with van der Waals surface area (Å²) in [6, 6.07) is 0. The lowest BCUT2D eigenvalue weighted by molar-refractivity contribution is -0.241. The van der Waals surface area contributed by atoms with Crippen molar-refractivity contribution in [2.45, 2.75) is 95.9 Å². The summed E-state index contributed by atoms with van der Waals surface area (Å²) in [6.45, 7) is 4.93. The van der Waals surface area contributed by atoms with E-state index in [0.717, 1.165) is 0 Å². The molecule has 1 fully saturated rings. The number of ether oxygens (including phenoxy) is 3. The van der Waals surface area contributed by atoms with E-state index in [-0.39, 0.29) is 19.3 Å². The maximum atomic E-state index is 12.5. The van der Waals surface area contributed by atoms with E-state index in [2.05, 4.69) is 0 Å². The molecular weight excluding hydrogens is 542 g/mol. The van der Waals surface area contributed by atoms with Crippen molar-refractivity contribution in [1.82, 2.24) is 0 Å². The lowest BCUT2D eigenvalue weighted by Crippen LogP contribution is -2.67. The van der Waals surface area contributed by atoms with Crippen LogP contribution < -0.4 is 0 Å². The molecule has 1 aliphatic carbocycles. The van der Waals surface area contributed by atoms with Gasteiger partial charge in [0.1, 0.15) is 31.0 Å². The fourth-order valence-electron chi connectivity index (χ4n) is 3.48. The van der Waals surface area contributed by atoms with Crippen molar-refractivity contribution in [2.24, 2.45) is 0 Å². The number of aliphatic hydroxyl groups is 3. The molecule has 1 aliphatic rings. The third kappa shape index (κ3) is 10.3. The predicted molar refractivity (Wildman–Crippen MR) is 124 cm³/mol. The Balaban J connectivity index is 3.73. The van der Waals surface area contributed by atoms with Gasteiger partial charge in [-0.2, -0.15) is 0 Å². The molecule has 0 amide bonds. The van der Waals surface area contributed by atoms with E-state index in [1.54, 1.807) is 20.8 Å². The first-order valence-corrected chi connectivity index (χ1v) is 15.3. The summed E-state index contributed by atoms with van der Waals surface area (Å²) >= 11 is 0. The van der Waals surface area contributed by atoms with E-state index >= 15 is 0 Å². The molecule has 0 aromatic carbocycles. The fraction of sp³-hybridized carbons (Fsp3) is 0.850. The van der Waals surface area contributed by atoms with Crippen LogP contribution in [0.15, 0.2) is 0 Å². The van der Waals surface area contributed by atoms with Gasteiger partial charge in [0, 0.05) is 19.3 Å². The van der Waals surface area contributed by atoms with Gasteiger partial charge >= 0.3 is 33.1 Å². The molecule has 0 aliphatic heterocycles. The summed E-state index contributed by atoms with van der Waals surface area (Å²) in [6.07, 6.45) is -14.4. The minimum absolute atomic E-state index is 0.161. The number of esters is 3. The molecule has 0 aromatic rings. The van der Waals surface area contributed by atoms with Crippen LogP contribution in [0.25, 0.3) is 0 Å². The van der Waals surface area contributed by atoms with E-state index < -0.39 is 82.4 Å². The number of hydrogen-bond donors (Lipinski definition) is 5. The van der Waals surface area contributed by atoms with Crippen LogP contribution in [0.5, 0.6) is 0 Å². The van der Waals surface area contributed by atoms with Gasteiger partial charge in [-0.3, -0.25) is 32.6 Å². The van der Waals surface area contributed by atoms with Crippen LogP contribution in [0, 0.1) is 0 Å². The Labute approximate surface area is 214 Å². The molecule has 17 heteroatoms. The zero-order valence-electron chi connectivity index (χ0n) is 20.8. The molecule has 15 nitrogen and oxygen atoms in total. The number of rotatable bonds is 15. The smallest absolute Gasteiger partial charge is 0.353 e. The number of aliphatic hydroxyl groups excluding tert-OH is 3. The normalized spacial score (nSPS) is 29.0. The average molecular weight is 578 g/mol. The van der Waals surface area contributed by atoms with Gasteiger partial charge < -0.3 is 39.3 Å². The van der Waals surface area contributed by atoms with Crippen molar-refractivity contribution < 1.29 is 71.9 Å². The van der Waals surface area contributed by atoms with Gasteiger partial charge in [-0.05, 0) is 19.3 Å². The van der Waals surface area contributed by atoms with Crippen LogP contribution in [-0.4, -0.2) is 92.3 Å². The topological polar surface area (TPSA) is 233 Å². The summed E-state index contributed by atoms with van der Waals surface area (Å²) in [5.41, 5.74) is 0. The third-order valence-electron chi connectivity index (χ3n) is 5.06. The Kier molecular flexibility index (Phi) is 13.9. The summed E-state index contributed by atoms with van der Waals surface area (Å²) in [4.78, 5) is 57.1. The summed E-state index contributed by atoms with van der Waals surface area (Å²) in [5, 5.41) is 29.5. The Bertz CT molecular complexity index is 807. The van der Waals surface area contributed by atoms with Crippen LogP contribution >= 0.6 is 15.2 Å². The SMILES string of the molecule is CCCC(=O)OC1[C@@H](OC(=O)CCC)[C@H](OP(=O)(O)CO)C(O)[C@@H](OP(=O)(O)CO)[C@H]1OC(=O)CCC. The molecule has 0 spiro atoms. The molecule has 1 saturated carbocycles. The molecule has 0 saturated heterocycles. The average Bonchev–Trinajstić information content (AvgIpc) is 2.81. The monoisotopic (exact) mass is 578 g/mol. The zero-order chi connectivity index (χ0) is 28.4. The Hall–Kier alpha value is -1.41. The highest BCUT2D eigenvalue weighted by molar-refractivity contribution is 7.52. The molecule has 1 rings (SSSR count).